The summed E-state index contributed by atoms with van der Waals surface area (Å²) in [5.74, 6) is -2.88. The summed E-state index contributed by atoms with van der Waals surface area (Å²) in [7, 11) is 1.86. The largest absolute Gasteiger partial charge is 0.448 e. The Morgan fingerprint density at radius 3 is 2.14 bits per heavy atom. The molecule has 0 radical (unpaired) electrons. The second-order valence-electron chi connectivity index (χ2n) is 10.6. The molecule has 7 nitrogen and oxygen atoms in total. The van der Waals surface area contributed by atoms with E-state index in [9.17, 15) is 14.4 Å². The number of cyclic esters (lactones) is 1. The maximum absolute atomic E-state index is 13.4. The van der Waals surface area contributed by atoms with E-state index in [1.165, 1.54) is 0 Å². The van der Waals surface area contributed by atoms with Gasteiger partial charge < -0.3 is 19.5 Å². The van der Waals surface area contributed by atoms with Crippen LogP contribution in [0.5, 0.6) is 0 Å². The van der Waals surface area contributed by atoms with Crippen LogP contribution in [0.4, 0.5) is 0 Å². The van der Waals surface area contributed by atoms with Gasteiger partial charge in [0.05, 0.1) is 17.8 Å². The number of ketones is 2. The van der Waals surface area contributed by atoms with Gasteiger partial charge in [-0.25, -0.2) is 4.79 Å². The molecule has 8 heteroatoms. The van der Waals surface area contributed by atoms with Crippen LogP contribution in [0, 0.1) is 29.6 Å². The number of alkyl halides is 1. The maximum Gasteiger partial charge on any atom is 0.342 e. The van der Waals surface area contributed by atoms with Crippen LogP contribution in [0.2, 0.25) is 0 Å². The van der Waals surface area contributed by atoms with Gasteiger partial charge in [-0.2, -0.15) is 0 Å². The molecule has 1 N–H and O–H groups in total. The standard InChI is InChI=1S/C28H42INO6/c1-13-11-14(2)25(35-28-19(7)22(30-10)12-15(3)34-28)20(8)24(32)21(9)27(33)36-26(29)18(6)16(4)17(5)23(13)31/h13-16,18,20,22,25-26,28,30H,5,7,9,11-12H2,1-4,6,8,10H3/t13-,14+,15-,16?,18-,20+,22+,25+,26+,28+/m1/s1. The molecule has 0 saturated carbocycles. The highest BCUT2D eigenvalue weighted by Crippen LogP contribution is 2.35. The van der Waals surface area contributed by atoms with E-state index in [2.05, 4.69) is 25.1 Å². The first-order chi connectivity index (χ1) is 16.7. The summed E-state index contributed by atoms with van der Waals surface area (Å²) in [5.41, 5.74) is 1.04. The molecule has 2 heterocycles. The van der Waals surface area contributed by atoms with Crippen molar-refractivity contribution in [2.75, 3.05) is 7.05 Å². The Hall–Kier alpha value is -1.36. The molecule has 0 aromatic carbocycles. The Morgan fingerprint density at radius 2 is 1.56 bits per heavy atom. The predicted octanol–water partition coefficient (Wildman–Crippen LogP) is 4.79. The number of esters is 1. The van der Waals surface area contributed by atoms with Crippen LogP contribution in [0.1, 0.15) is 54.4 Å². The van der Waals surface area contributed by atoms with Crippen molar-refractivity contribution in [1.29, 1.82) is 0 Å². The number of allylic oxidation sites excluding steroid dienone is 1. The van der Waals surface area contributed by atoms with Crippen LogP contribution < -0.4 is 5.32 Å². The molecule has 2 saturated heterocycles. The van der Waals surface area contributed by atoms with E-state index < -0.39 is 34.2 Å². The van der Waals surface area contributed by atoms with Crippen molar-refractivity contribution in [2.24, 2.45) is 29.6 Å². The average Bonchev–Trinajstić information content (AvgIpc) is 2.84. The Kier molecular flexibility index (Phi) is 11.1. The number of hydrogen-bond donors (Lipinski definition) is 1. The molecule has 36 heavy (non-hydrogen) atoms. The predicted molar refractivity (Wildman–Crippen MR) is 148 cm³/mol. The fourth-order valence-corrected chi connectivity index (χ4v) is 5.85. The minimum absolute atomic E-state index is 0.0106. The third-order valence-corrected chi connectivity index (χ3v) is 9.16. The molecule has 2 fully saturated rings. The zero-order chi connectivity index (χ0) is 27.5. The number of carbonyl (C=O) groups excluding carboxylic acids is 3. The molecule has 0 aromatic rings. The van der Waals surface area contributed by atoms with E-state index in [1.54, 1.807) is 6.92 Å². The Balaban J connectivity index is 2.44. The Morgan fingerprint density at radius 1 is 0.944 bits per heavy atom. The first kappa shape index (κ1) is 30.9. The normalized spacial score (nSPS) is 40.1. The zero-order valence-electron chi connectivity index (χ0n) is 22.6. The first-order valence-corrected chi connectivity index (χ1v) is 13.9. The molecule has 0 aliphatic carbocycles. The summed E-state index contributed by atoms with van der Waals surface area (Å²) in [4.78, 5) is 39.5. The van der Waals surface area contributed by atoms with Gasteiger partial charge in [0, 0.05) is 23.8 Å². The number of nitrogens with one attached hydrogen (secondary N) is 1. The van der Waals surface area contributed by atoms with Gasteiger partial charge in [0.1, 0.15) is 0 Å². The van der Waals surface area contributed by atoms with E-state index >= 15 is 0 Å². The van der Waals surface area contributed by atoms with Gasteiger partial charge >= 0.3 is 5.97 Å². The van der Waals surface area contributed by atoms with Crippen molar-refractivity contribution in [3.8, 4) is 0 Å². The van der Waals surface area contributed by atoms with Gasteiger partial charge in [0.25, 0.3) is 0 Å². The number of likely N-dealkylation sites (N-methyl/N-ethyl adjacent to an activating group) is 1. The van der Waals surface area contributed by atoms with Crippen molar-refractivity contribution in [3.05, 3.63) is 36.5 Å². The fraction of sp³-hybridized carbons (Fsp3) is 0.679. The molecular weight excluding hydrogens is 573 g/mol. The molecule has 2 aliphatic rings. The van der Waals surface area contributed by atoms with Gasteiger partial charge in [-0.15, -0.1) is 0 Å². The van der Waals surface area contributed by atoms with Crippen molar-refractivity contribution in [2.45, 2.75) is 83.0 Å². The molecule has 0 bridgehead atoms. The lowest BCUT2D eigenvalue weighted by Crippen LogP contribution is -2.47. The lowest BCUT2D eigenvalue weighted by molar-refractivity contribution is -0.206. The highest BCUT2D eigenvalue weighted by Gasteiger charge is 2.40. The van der Waals surface area contributed by atoms with Crippen molar-refractivity contribution in [1.82, 2.24) is 5.32 Å². The second kappa shape index (κ2) is 12.9. The number of rotatable bonds is 3. The van der Waals surface area contributed by atoms with Crippen LogP contribution >= 0.6 is 22.6 Å². The molecule has 10 atom stereocenters. The van der Waals surface area contributed by atoms with Gasteiger partial charge in [-0.1, -0.05) is 54.4 Å². The highest BCUT2D eigenvalue weighted by molar-refractivity contribution is 14.1. The fourth-order valence-electron chi connectivity index (χ4n) is 5.00. The summed E-state index contributed by atoms with van der Waals surface area (Å²) in [6.07, 6.45) is -0.210. The first-order valence-electron chi connectivity index (χ1n) is 12.7. The number of halogens is 1. The lowest BCUT2D eigenvalue weighted by Gasteiger charge is -2.40. The smallest absolute Gasteiger partial charge is 0.342 e. The Labute approximate surface area is 229 Å². The molecule has 0 amide bonds. The highest BCUT2D eigenvalue weighted by atomic mass is 127. The third-order valence-electron chi connectivity index (χ3n) is 7.77. The molecule has 0 spiro atoms. The SMILES string of the molecule is C=C1C(=O)O[C@H](I)[C@H](C)C(C)C(=C)C(=O)[C@H](C)C[C@H](C)[C@H](O[C@@H]2O[C@H](C)C[C@H](NC)C2=C)[C@@H](C)C1=O. The summed E-state index contributed by atoms with van der Waals surface area (Å²) in [6, 6.07) is 0.0106. The van der Waals surface area contributed by atoms with Gasteiger partial charge in [0.15, 0.2) is 22.0 Å². The summed E-state index contributed by atoms with van der Waals surface area (Å²) < 4.78 is 17.5. The van der Waals surface area contributed by atoms with Crippen molar-refractivity contribution >= 4 is 40.1 Å². The quantitative estimate of drug-likeness (QED) is 0.122. The van der Waals surface area contributed by atoms with Crippen LogP contribution in [0.3, 0.4) is 0 Å². The molecule has 2 aliphatic heterocycles. The van der Waals surface area contributed by atoms with Crippen LogP contribution in [-0.2, 0) is 28.6 Å². The Bertz CT molecular complexity index is 900. The van der Waals surface area contributed by atoms with E-state index in [1.807, 2.05) is 64.3 Å². The van der Waals surface area contributed by atoms with E-state index in [0.717, 1.165) is 12.0 Å². The van der Waals surface area contributed by atoms with Crippen LogP contribution in [-0.4, -0.2) is 53.2 Å². The molecule has 0 aromatic heterocycles. The van der Waals surface area contributed by atoms with Crippen molar-refractivity contribution in [3.63, 3.8) is 0 Å². The monoisotopic (exact) mass is 615 g/mol. The third kappa shape index (κ3) is 6.94. The molecule has 2 rings (SSSR count). The van der Waals surface area contributed by atoms with Gasteiger partial charge in [0.2, 0.25) is 0 Å². The van der Waals surface area contributed by atoms with E-state index in [4.69, 9.17) is 14.2 Å². The lowest BCUT2D eigenvalue weighted by atomic mass is 9.78. The molecule has 202 valence electrons. The number of ether oxygens (including phenoxy) is 3. The molecule has 1 unspecified atom stereocenters. The zero-order valence-corrected chi connectivity index (χ0v) is 24.8. The average molecular weight is 616 g/mol. The topological polar surface area (TPSA) is 90.9 Å². The van der Waals surface area contributed by atoms with Crippen LogP contribution in [0.15, 0.2) is 36.5 Å². The molecular formula is C28H42INO6. The number of carbonyl (C=O) groups is 3. The van der Waals surface area contributed by atoms with Crippen molar-refractivity contribution < 1.29 is 28.6 Å². The second-order valence-corrected chi connectivity index (χ2v) is 11.8. The van der Waals surface area contributed by atoms with Gasteiger partial charge in [-0.05, 0) is 72.4 Å². The van der Waals surface area contributed by atoms with Gasteiger partial charge in [-0.3, -0.25) is 9.59 Å². The summed E-state index contributed by atoms with van der Waals surface area (Å²) in [6.45, 7) is 23.3. The summed E-state index contributed by atoms with van der Waals surface area (Å²) >= 11 is 2.02. The van der Waals surface area contributed by atoms with E-state index in [-0.39, 0.29) is 47.2 Å². The maximum atomic E-state index is 13.4. The summed E-state index contributed by atoms with van der Waals surface area (Å²) in [5, 5.41) is 3.24. The number of hydrogen-bond acceptors (Lipinski definition) is 7. The van der Waals surface area contributed by atoms with E-state index in [0.29, 0.717) is 12.0 Å². The minimum atomic E-state index is -0.763. The van der Waals surface area contributed by atoms with Crippen LogP contribution in [0.25, 0.3) is 0 Å². The minimum Gasteiger partial charge on any atom is -0.448 e. The number of Topliss-reactive ketones (excluding diaryl/α,β-unsaturated/α-hetero) is 2.